The Hall–Kier alpha value is -5.42. The molecule has 10 nitrogen and oxygen atoms in total. The summed E-state index contributed by atoms with van der Waals surface area (Å²) in [5, 5.41) is 14.2. The van der Waals surface area contributed by atoms with Crippen molar-refractivity contribution in [1.29, 1.82) is 0 Å². The third-order valence-corrected chi connectivity index (χ3v) is 14.0. The first-order valence-electron chi connectivity index (χ1n) is 23.1. The summed E-state index contributed by atoms with van der Waals surface area (Å²) in [6, 6.07) is 27.0. The molecule has 0 radical (unpaired) electrons. The van der Waals surface area contributed by atoms with E-state index in [-0.39, 0.29) is 23.0 Å². The van der Waals surface area contributed by atoms with E-state index in [0.717, 1.165) is 101 Å². The summed E-state index contributed by atoms with van der Waals surface area (Å²) < 4.78 is 25.9. The Bertz CT molecular complexity index is 2130. The maximum Gasteiger partial charge on any atom is 0.252 e. The van der Waals surface area contributed by atoms with E-state index in [1.54, 1.807) is 19.2 Å². The van der Waals surface area contributed by atoms with E-state index in [4.69, 9.17) is 9.47 Å². The van der Waals surface area contributed by atoms with E-state index in [1.165, 1.54) is 61.4 Å². The summed E-state index contributed by atoms with van der Waals surface area (Å²) in [6.45, 7) is 8.65. The van der Waals surface area contributed by atoms with Crippen LogP contribution in [0.3, 0.4) is 0 Å². The highest BCUT2D eigenvalue weighted by molar-refractivity contribution is 5.99. The molecule has 0 bridgehead atoms. The number of anilines is 1. The fourth-order valence-corrected chi connectivity index (χ4v) is 10.4. The summed E-state index contributed by atoms with van der Waals surface area (Å²) in [5.41, 5.74) is 7.24. The molecule has 3 N–H and O–H groups in total. The molecule has 3 fully saturated rings. The van der Waals surface area contributed by atoms with Crippen molar-refractivity contribution < 1.29 is 33.4 Å². The monoisotopic (exact) mass is 860 g/mol. The zero-order valence-corrected chi connectivity index (χ0v) is 37.1. The minimum atomic E-state index is -0.188. The van der Waals surface area contributed by atoms with Gasteiger partial charge in [-0.05, 0) is 148 Å². The molecule has 2 aliphatic carbocycles. The minimum absolute atomic E-state index is 0.0218. The van der Waals surface area contributed by atoms with E-state index in [2.05, 4.69) is 26.5 Å². The Kier molecular flexibility index (Phi) is 15.4. The molecule has 3 amide bonds. The van der Waals surface area contributed by atoms with Gasteiger partial charge in [0.15, 0.2) is 0 Å². The Morgan fingerprint density at radius 3 is 2.29 bits per heavy atom. The highest BCUT2D eigenvalue weighted by atomic mass is 19.1. The maximum atomic E-state index is 14.4. The predicted octanol–water partition coefficient (Wildman–Crippen LogP) is 8.91. The number of aryl methyl sites for hydroxylation is 2. The van der Waals surface area contributed by atoms with Gasteiger partial charge in [0.05, 0.1) is 19.4 Å². The standard InChI is InChI=1S/C30H36FN3O3.C10H12O.C6H11NO2.C6H6/c1-36-22-2-3-25(31)26(13-22)34-10-4-29(5-11-34)15-20(16-29)18-33-8-6-30(7-9-33)19-37-27-14-23-21(12-24(27)30)17-32-28(23)35;11-10-6-5-8-3-1-2-4-9(8)7-10;1-2-3-4-6(9)7-5-8;1-2-4-6-5-3-1/h2-3,12-14,20H,4-11,15-19H2,1H3,(H,32,35);5-7,11H,1-4H2;5H,2-4H2,1H3,(H,7,8,9);1-6H. The molecule has 6 aliphatic rings. The van der Waals surface area contributed by atoms with Crippen LogP contribution in [0.15, 0.2) is 84.9 Å². The molecule has 4 aromatic rings. The predicted molar refractivity (Wildman–Crippen MR) is 245 cm³/mol. The number of carbonyl (C=O) groups excluding carboxylic acids is 3. The van der Waals surface area contributed by atoms with Crippen LogP contribution in [-0.2, 0) is 34.4 Å². The van der Waals surface area contributed by atoms with E-state index in [9.17, 15) is 23.9 Å². The van der Waals surface area contributed by atoms with Crippen LogP contribution in [0.25, 0.3) is 0 Å². The van der Waals surface area contributed by atoms with Gasteiger partial charge in [-0.3, -0.25) is 19.7 Å². The lowest BCUT2D eigenvalue weighted by atomic mass is 9.57. The van der Waals surface area contributed by atoms with Gasteiger partial charge in [0.1, 0.15) is 23.1 Å². The van der Waals surface area contributed by atoms with Crippen molar-refractivity contribution >= 4 is 23.9 Å². The highest BCUT2D eigenvalue weighted by Crippen LogP contribution is 2.54. The second-order valence-electron chi connectivity index (χ2n) is 18.2. The van der Waals surface area contributed by atoms with Gasteiger partial charge in [-0.15, -0.1) is 0 Å². The Morgan fingerprint density at radius 1 is 0.921 bits per heavy atom. The molecule has 0 unspecified atom stereocenters. The molecule has 10 rings (SSSR count). The average Bonchev–Trinajstić information content (AvgIpc) is 3.85. The molecule has 1 saturated carbocycles. The number of nitrogens with one attached hydrogen (secondary N) is 2. The summed E-state index contributed by atoms with van der Waals surface area (Å²) in [4.78, 5) is 37.0. The molecule has 336 valence electrons. The number of amides is 3. The van der Waals surface area contributed by atoms with Gasteiger partial charge < -0.3 is 29.7 Å². The number of phenols is 1. The van der Waals surface area contributed by atoms with Crippen LogP contribution in [0.2, 0.25) is 0 Å². The van der Waals surface area contributed by atoms with Gasteiger partial charge in [-0.1, -0.05) is 55.8 Å². The number of benzene rings is 4. The van der Waals surface area contributed by atoms with Crippen molar-refractivity contribution in [1.82, 2.24) is 15.5 Å². The number of piperidine rings is 2. The fourth-order valence-electron chi connectivity index (χ4n) is 10.4. The first-order chi connectivity index (χ1) is 30.6. The third kappa shape index (κ3) is 11.4. The number of halogens is 1. The van der Waals surface area contributed by atoms with Crippen molar-refractivity contribution in [2.45, 2.75) is 102 Å². The van der Waals surface area contributed by atoms with E-state index in [0.29, 0.717) is 42.0 Å². The van der Waals surface area contributed by atoms with Crippen LogP contribution in [0.4, 0.5) is 10.1 Å². The van der Waals surface area contributed by atoms with Crippen molar-refractivity contribution in [2.75, 3.05) is 51.3 Å². The first kappa shape index (κ1) is 45.6. The van der Waals surface area contributed by atoms with Crippen molar-refractivity contribution in [2.24, 2.45) is 11.3 Å². The Labute approximate surface area is 372 Å². The van der Waals surface area contributed by atoms with Crippen molar-refractivity contribution in [3.05, 3.63) is 119 Å². The summed E-state index contributed by atoms with van der Waals surface area (Å²) in [5.74, 6) is 2.50. The van der Waals surface area contributed by atoms with Crippen molar-refractivity contribution in [3.8, 4) is 17.2 Å². The number of phenolic OH excluding ortho intramolecular Hbond substituents is 1. The molecule has 2 saturated heterocycles. The number of imide groups is 1. The number of nitrogens with zero attached hydrogens (tertiary/aromatic N) is 2. The molecule has 4 heterocycles. The van der Waals surface area contributed by atoms with Crippen molar-refractivity contribution in [3.63, 3.8) is 0 Å². The van der Waals surface area contributed by atoms with Crippen LogP contribution >= 0.6 is 0 Å². The molecule has 0 atom stereocenters. The number of ether oxygens (including phenoxy) is 2. The number of carbonyl (C=O) groups is 3. The molecular formula is C52H65FN4O6. The van der Waals surface area contributed by atoms with Crippen LogP contribution in [0, 0.1) is 17.2 Å². The lowest BCUT2D eigenvalue weighted by molar-refractivity contribution is -0.125. The van der Waals surface area contributed by atoms with E-state index >= 15 is 0 Å². The summed E-state index contributed by atoms with van der Waals surface area (Å²) in [6.07, 6.45) is 14.8. The molecular weight excluding hydrogens is 796 g/mol. The average molecular weight is 861 g/mol. The van der Waals surface area contributed by atoms with Crippen LogP contribution in [0.1, 0.15) is 110 Å². The SMILES string of the molecule is CCCCC(=O)NC=O.COc1ccc(F)c(N2CCC3(CC2)CC(CN2CCC4(CC2)COc2cc5c(cc24)CNC5=O)C3)c1.Oc1ccc2c(c1)CCCC2.c1ccccc1. The van der Waals surface area contributed by atoms with Crippen LogP contribution < -0.4 is 25.0 Å². The normalized spacial score (nSPS) is 18.8. The zero-order chi connectivity index (χ0) is 44.2. The number of hydrogen-bond donors (Lipinski definition) is 3. The van der Waals surface area contributed by atoms with Gasteiger partial charge in [-0.25, -0.2) is 4.39 Å². The first-order valence-corrected chi connectivity index (χ1v) is 23.1. The molecule has 63 heavy (non-hydrogen) atoms. The molecule has 11 heteroatoms. The molecule has 4 aliphatic heterocycles. The number of likely N-dealkylation sites (tertiary alicyclic amines) is 1. The molecule has 4 aromatic carbocycles. The number of unbranched alkanes of at least 4 members (excludes halogenated alkanes) is 1. The summed E-state index contributed by atoms with van der Waals surface area (Å²) in [7, 11) is 1.63. The van der Waals surface area contributed by atoms with Gasteiger partial charge >= 0.3 is 0 Å². The smallest absolute Gasteiger partial charge is 0.252 e. The third-order valence-electron chi connectivity index (χ3n) is 14.0. The van der Waals surface area contributed by atoms with E-state index in [1.807, 2.05) is 67.6 Å². The van der Waals surface area contributed by atoms with Gasteiger partial charge in [0, 0.05) is 55.2 Å². The number of hydrogen-bond acceptors (Lipinski definition) is 8. The zero-order valence-electron chi connectivity index (χ0n) is 37.1. The van der Waals surface area contributed by atoms with Crippen LogP contribution in [-0.4, -0.2) is 74.7 Å². The highest BCUT2D eigenvalue weighted by Gasteiger charge is 2.48. The van der Waals surface area contributed by atoms with Crippen LogP contribution in [0.5, 0.6) is 17.2 Å². The quantitative estimate of drug-likeness (QED) is 0.150. The van der Waals surface area contributed by atoms with Gasteiger partial charge in [-0.2, -0.15) is 0 Å². The number of rotatable bonds is 8. The fraction of sp³-hybridized carbons (Fsp3) is 0.481. The second kappa shape index (κ2) is 21.3. The number of methoxy groups -OCH3 is 1. The lowest BCUT2D eigenvalue weighted by Crippen LogP contribution is -2.51. The lowest BCUT2D eigenvalue weighted by Gasteiger charge is -2.54. The number of aromatic hydroxyl groups is 1. The van der Waals surface area contributed by atoms with Gasteiger partial charge in [0.2, 0.25) is 12.3 Å². The Balaban J connectivity index is 0.000000184. The molecule has 2 spiro atoms. The van der Waals surface area contributed by atoms with E-state index < -0.39 is 0 Å². The minimum Gasteiger partial charge on any atom is -0.508 e. The second-order valence-corrected chi connectivity index (χ2v) is 18.2. The number of fused-ring (bicyclic) bond motifs is 4. The van der Waals surface area contributed by atoms with Gasteiger partial charge in [0.25, 0.3) is 5.91 Å². The maximum absolute atomic E-state index is 14.4. The Morgan fingerprint density at radius 2 is 1.62 bits per heavy atom. The topological polar surface area (TPSA) is 120 Å². The largest absolute Gasteiger partial charge is 0.508 e. The summed E-state index contributed by atoms with van der Waals surface area (Å²) >= 11 is 0. The molecule has 0 aromatic heterocycles.